The summed E-state index contributed by atoms with van der Waals surface area (Å²) < 4.78 is 27.2. The van der Waals surface area contributed by atoms with E-state index in [1.165, 1.54) is 13.0 Å². The van der Waals surface area contributed by atoms with Gasteiger partial charge in [-0.05, 0) is 63.6 Å². The Labute approximate surface area is 211 Å². The van der Waals surface area contributed by atoms with Crippen LogP contribution < -0.4 is 10.6 Å². The van der Waals surface area contributed by atoms with Crippen LogP contribution in [-0.4, -0.2) is 75.4 Å². The lowest BCUT2D eigenvalue weighted by molar-refractivity contribution is 0.206. The van der Waals surface area contributed by atoms with Crippen molar-refractivity contribution in [2.75, 3.05) is 45.8 Å². The maximum Gasteiger partial charge on any atom is 0.243 e. The van der Waals surface area contributed by atoms with E-state index in [1.54, 1.807) is 28.6 Å². The fraction of sp³-hybridized carbons (Fsp3) is 0.696. The molecule has 9 heteroatoms. The summed E-state index contributed by atoms with van der Waals surface area (Å²) in [5.74, 6) is 1.32. The second-order valence-electron chi connectivity index (χ2n) is 8.64. The van der Waals surface area contributed by atoms with Gasteiger partial charge >= 0.3 is 0 Å². The predicted octanol–water partition coefficient (Wildman–Crippen LogP) is 3.13. The zero-order valence-electron chi connectivity index (χ0n) is 19.5. The van der Waals surface area contributed by atoms with Crippen molar-refractivity contribution < 1.29 is 8.42 Å². The van der Waals surface area contributed by atoms with E-state index in [2.05, 4.69) is 29.4 Å². The van der Waals surface area contributed by atoms with Gasteiger partial charge < -0.3 is 15.5 Å². The highest BCUT2D eigenvalue weighted by Gasteiger charge is 2.29. The Bertz CT molecular complexity index is 790. The molecule has 3 rings (SSSR count). The van der Waals surface area contributed by atoms with Crippen LogP contribution in [0.2, 0.25) is 0 Å². The van der Waals surface area contributed by atoms with Crippen molar-refractivity contribution in [1.29, 1.82) is 0 Å². The van der Waals surface area contributed by atoms with Crippen molar-refractivity contribution in [3.05, 3.63) is 30.3 Å². The Morgan fingerprint density at radius 3 is 2.28 bits per heavy atom. The lowest BCUT2D eigenvalue weighted by atomic mass is 9.98. The topological polar surface area (TPSA) is 77.0 Å². The lowest BCUT2D eigenvalue weighted by Crippen LogP contribution is -2.49. The molecule has 7 nitrogen and oxygen atoms in total. The molecular weight excluding hydrogens is 537 g/mol. The predicted molar refractivity (Wildman–Crippen MR) is 142 cm³/mol. The molecule has 0 amide bonds. The van der Waals surface area contributed by atoms with E-state index in [0.717, 1.165) is 57.8 Å². The van der Waals surface area contributed by atoms with E-state index in [4.69, 9.17) is 4.99 Å². The Morgan fingerprint density at radius 1 is 1.03 bits per heavy atom. The van der Waals surface area contributed by atoms with Gasteiger partial charge in [0.15, 0.2) is 5.96 Å². The monoisotopic (exact) mass is 577 g/mol. The third kappa shape index (κ3) is 7.85. The molecule has 0 aliphatic carbocycles. The fourth-order valence-electron chi connectivity index (χ4n) is 4.42. The summed E-state index contributed by atoms with van der Waals surface area (Å²) >= 11 is 0. The highest BCUT2D eigenvalue weighted by molar-refractivity contribution is 14.0. The highest BCUT2D eigenvalue weighted by Crippen LogP contribution is 2.24. The van der Waals surface area contributed by atoms with Crippen LogP contribution in [0.25, 0.3) is 0 Å². The Hall–Kier alpha value is -0.910. The molecule has 2 N–H and O–H groups in total. The zero-order chi connectivity index (χ0) is 22.1. The lowest BCUT2D eigenvalue weighted by Gasteiger charge is -2.33. The minimum Gasteiger partial charge on any atom is -0.357 e. The minimum absolute atomic E-state index is 0. The van der Waals surface area contributed by atoms with E-state index in [9.17, 15) is 8.42 Å². The first-order valence-corrected chi connectivity index (χ1v) is 13.3. The molecule has 0 bridgehead atoms. The summed E-state index contributed by atoms with van der Waals surface area (Å²) in [6.07, 6.45) is 5.22. The quantitative estimate of drug-likeness (QED) is 0.282. The number of nitrogens with one attached hydrogen (secondary N) is 2. The number of halogens is 1. The molecule has 32 heavy (non-hydrogen) atoms. The Balaban J connectivity index is 0.00000363. The van der Waals surface area contributed by atoms with Crippen LogP contribution in [0.15, 0.2) is 40.2 Å². The van der Waals surface area contributed by atoms with Crippen LogP contribution >= 0.6 is 24.0 Å². The number of hydrogen-bond acceptors (Lipinski definition) is 4. The third-order valence-electron chi connectivity index (χ3n) is 6.27. The van der Waals surface area contributed by atoms with Crippen molar-refractivity contribution in [3.8, 4) is 0 Å². The molecule has 1 aromatic rings. The van der Waals surface area contributed by atoms with E-state index >= 15 is 0 Å². The molecule has 0 atom stereocenters. The molecule has 0 aromatic heterocycles. The summed E-state index contributed by atoms with van der Waals surface area (Å²) in [4.78, 5) is 7.77. The first kappa shape index (κ1) is 27.3. The average molecular weight is 578 g/mol. The Morgan fingerprint density at radius 2 is 1.69 bits per heavy atom. The maximum atomic E-state index is 12.8. The fourth-order valence-corrected chi connectivity index (χ4v) is 5.92. The van der Waals surface area contributed by atoms with Gasteiger partial charge in [0.25, 0.3) is 0 Å². The average Bonchev–Trinajstić information content (AvgIpc) is 2.80. The first-order chi connectivity index (χ1) is 15.0. The molecule has 2 saturated heterocycles. The number of likely N-dealkylation sites (tertiary alicyclic amines) is 1. The normalized spacial score (nSPS) is 20.0. The maximum absolute atomic E-state index is 12.8. The van der Waals surface area contributed by atoms with Gasteiger partial charge in [0, 0.05) is 45.3 Å². The summed E-state index contributed by atoms with van der Waals surface area (Å²) in [6, 6.07) is 9.21. The standard InChI is InChI=1S/C23H39N5O2S.HI/c1-3-14-27-15-12-21(13-16-27)26-23(24-4-2)25-19-20-10-17-28(18-11-20)31(29,30)22-8-6-5-7-9-22;/h5-9,20-21H,3-4,10-19H2,1-2H3,(H2,24,25,26);1H. The van der Waals surface area contributed by atoms with Crippen molar-refractivity contribution in [2.24, 2.45) is 10.9 Å². The molecule has 2 fully saturated rings. The molecule has 0 radical (unpaired) electrons. The van der Waals surface area contributed by atoms with Crippen LogP contribution in [-0.2, 0) is 10.0 Å². The van der Waals surface area contributed by atoms with Crippen molar-refractivity contribution >= 4 is 40.0 Å². The van der Waals surface area contributed by atoms with Gasteiger partial charge in [-0.3, -0.25) is 4.99 Å². The van der Waals surface area contributed by atoms with Gasteiger partial charge in [0.1, 0.15) is 0 Å². The van der Waals surface area contributed by atoms with Gasteiger partial charge in [-0.1, -0.05) is 25.1 Å². The molecule has 0 saturated carbocycles. The zero-order valence-corrected chi connectivity index (χ0v) is 22.6. The van der Waals surface area contributed by atoms with Gasteiger partial charge in [-0.25, -0.2) is 8.42 Å². The number of hydrogen-bond donors (Lipinski definition) is 2. The minimum atomic E-state index is -3.38. The molecule has 182 valence electrons. The summed E-state index contributed by atoms with van der Waals surface area (Å²) in [6.45, 7) is 10.5. The van der Waals surface area contributed by atoms with Crippen LogP contribution in [0.5, 0.6) is 0 Å². The van der Waals surface area contributed by atoms with E-state index in [1.807, 2.05) is 6.07 Å². The van der Waals surface area contributed by atoms with Crippen molar-refractivity contribution in [1.82, 2.24) is 19.8 Å². The highest BCUT2D eigenvalue weighted by atomic mass is 127. The second-order valence-corrected chi connectivity index (χ2v) is 10.6. The van der Waals surface area contributed by atoms with Crippen molar-refractivity contribution in [2.45, 2.75) is 56.9 Å². The van der Waals surface area contributed by atoms with Crippen molar-refractivity contribution in [3.63, 3.8) is 0 Å². The SMILES string of the molecule is CCCN1CCC(NC(=NCC2CCN(S(=O)(=O)c3ccccc3)CC2)NCC)CC1.I. The molecule has 2 heterocycles. The number of guanidine groups is 1. The molecular formula is C23H40IN5O2S. The molecule has 0 unspecified atom stereocenters. The molecule has 1 aromatic carbocycles. The largest absolute Gasteiger partial charge is 0.357 e. The van der Waals surface area contributed by atoms with E-state index < -0.39 is 10.0 Å². The third-order valence-corrected chi connectivity index (χ3v) is 8.19. The van der Waals surface area contributed by atoms with Crippen LogP contribution in [0.3, 0.4) is 0 Å². The Kier molecular flexibility index (Phi) is 11.7. The van der Waals surface area contributed by atoms with Gasteiger partial charge in [-0.15, -0.1) is 24.0 Å². The first-order valence-electron chi connectivity index (χ1n) is 11.8. The number of piperidine rings is 2. The van der Waals surface area contributed by atoms with Crippen LogP contribution in [0, 0.1) is 5.92 Å². The number of nitrogens with zero attached hydrogens (tertiary/aromatic N) is 3. The summed E-state index contributed by atoms with van der Waals surface area (Å²) in [5, 5.41) is 7.00. The van der Waals surface area contributed by atoms with E-state index in [-0.39, 0.29) is 24.0 Å². The number of rotatable bonds is 8. The molecule has 2 aliphatic heterocycles. The summed E-state index contributed by atoms with van der Waals surface area (Å²) in [7, 11) is -3.38. The number of benzene rings is 1. The number of aliphatic imine (C=N–C) groups is 1. The van der Waals surface area contributed by atoms with Crippen LogP contribution in [0.1, 0.15) is 46.0 Å². The van der Waals surface area contributed by atoms with Gasteiger partial charge in [-0.2, -0.15) is 4.31 Å². The van der Waals surface area contributed by atoms with E-state index in [0.29, 0.717) is 29.9 Å². The second kappa shape index (κ2) is 13.7. The summed E-state index contributed by atoms with van der Waals surface area (Å²) in [5.41, 5.74) is 0. The number of sulfonamides is 1. The van der Waals surface area contributed by atoms with Crippen LogP contribution in [0.4, 0.5) is 0 Å². The van der Waals surface area contributed by atoms with Gasteiger partial charge in [0.05, 0.1) is 4.90 Å². The smallest absolute Gasteiger partial charge is 0.243 e. The molecule has 2 aliphatic rings. The molecule has 0 spiro atoms. The van der Waals surface area contributed by atoms with Gasteiger partial charge in [0.2, 0.25) is 10.0 Å².